The Balaban J connectivity index is 1.56. The zero-order valence-corrected chi connectivity index (χ0v) is 23.2. The van der Waals surface area contributed by atoms with E-state index >= 15 is 0 Å². The van der Waals surface area contributed by atoms with Crippen LogP contribution in [-0.4, -0.2) is 62.0 Å². The van der Waals surface area contributed by atoms with Gasteiger partial charge in [0.25, 0.3) is 0 Å². The molecular weight excluding hydrogens is 571 g/mol. The highest BCUT2D eigenvalue weighted by Crippen LogP contribution is 2.35. The predicted octanol–water partition coefficient (Wildman–Crippen LogP) is 3.97. The van der Waals surface area contributed by atoms with Crippen molar-refractivity contribution in [1.82, 2.24) is 14.8 Å². The Labute approximate surface area is 233 Å². The normalized spacial score (nSPS) is 18.1. The van der Waals surface area contributed by atoms with E-state index in [0.717, 1.165) is 4.90 Å². The molecule has 0 radical (unpaired) electrons. The minimum Gasteiger partial charge on any atom is -0.481 e. The lowest BCUT2D eigenvalue weighted by Crippen LogP contribution is -2.47. The van der Waals surface area contributed by atoms with Crippen LogP contribution in [0.4, 0.5) is 8.78 Å². The van der Waals surface area contributed by atoms with Crippen molar-refractivity contribution in [2.75, 3.05) is 12.9 Å². The minimum absolute atomic E-state index is 0.0993. The molecule has 3 atom stereocenters. The molecule has 40 heavy (non-hydrogen) atoms. The monoisotopic (exact) mass is 597 g/mol. The number of hydrogen-bond acceptors (Lipinski definition) is 5. The number of nitrogens with one attached hydrogen (secondary N) is 1. The van der Waals surface area contributed by atoms with Gasteiger partial charge in [-0.1, -0.05) is 23.7 Å². The molecule has 4 rings (SSSR count). The number of aromatic nitrogens is 1. The van der Waals surface area contributed by atoms with Crippen LogP contribution >= 0.6 is 19.2 Å². The Bertz CT molecular complexity index is 1530. The van der Waals surface area contributed by atoms with Crippen LogP contribution in [0.5, 0.6) is 5.75 Å². The fraction of sp³-hybridized carbons (Fsp3) is 0.346. The van der Waals surface area contributed by atoms with E-state index < -0.39 is 49.8 Å². The third kappa shape index (κ3) is 6.52. The lowest BCUT2D eigenvalue weighted by molar-refractivity contribution is -0.139. The molecule has 0 spiro atoms. The van der Waals surface area contributed by atoms with Gasteiger partial charge in [-0.15, -0.1) is 0 Å². The highest BCUT2D eigenvalue weighted by atomic mass is 35.5. The first-order valence-electron chi connectivity index (χ1n) is 12.2. The molecule has 214 valence electrons. The maximum absolute atomic E-state index is 14.5. The maximum Gasteiger partial charge on any atom is 0.362 e. The SMILES string of the molecule is CC(=O)c1cn(CC(=O)N2C[C@H](F)C[C@H]2C(=O)NC(C)c2cccc(Cl)c2F)c2cc(OCP(=O)(O)O)ccc12. The molecule has 2 aromatic carbocycles. The van der Waals surface area contributed by atoms with E-state index in [1.807, 2.05) is 0 Å². The number of fused-ring (bicyclic) bond motifs is 1. The van der Waals surface area contributed by atoms with Gasteiger partial charge in [0, 0.05) is 35.2 Å². The summed E-state index contributed by atoms with van der Waals surface area (Å²) in [6.45, 7) is 2.20. The van der Waals surface area contributed by atoms with E-state index in [1.165, 1.54) is 54.1 Å². The number of hydrogen-bond donors (Lipinski definition) is 3. The molecule has 3 aromatic rings. The second-order valence-corrected chi connectivity index (χ2v) is 11.6. The summed E-state index contributed by atoms with van der Waals surface area (Å²) in [5, 5.41) is 2.99. The zero-order chi connectivity index (χ0) is 29.4. The number of benzene rings is 2. The van der Waals surface area contributed by atoms with Gasteiger partial charge in [0.05, 0.1) is 23.1 Å². The number of likely N-dealkylation sites (tertiary alicyclic amines) is 1. The molecule has 1 aliphatic rings. The first-order valence-corrected chi connectivity index (χ1v) is 14.4. The molecule has 3 N–H and O–H groups in total. The van der Waals surface area contributed by atoms with Crippen molar-refractivity contribution >= 4 is 47.7 Å². The number of nitrogens with zero attached hydrogens (tertiary/aromatic N) is 2. The van der Waals surface area contributed by atoms with E-state index in [1.54, 1.807) is 6.92 Å². The quantitative estimate of drug-likeness (QED) is 0.251. The fourth-order valence-corrected chi connectivity index (χ4v) is 5.22. The summed E-state index contributed by atoms with van der Waals surface area (Å²) in [5.74, 6) is -2.14. The molecule has 2 amide bonds. The van der Waals surface area contributed by atoms with Crippen molar-refractivity contribution in [2.24, 2.45) is 0 Å². The molecular formula is C26H27ClF2N3O7P. The third-order valence-corrected chi connectivity index (χ3v) is 7.38. The molecule has 1 aliphatic heterocycles. The van der Waals surface area contributed by atoms with Crippen LogP contribution in [0.1, 0.15) is 42.2 Å². The van der Waals surface area contributed by atoms with Crippen LogP contribution in [-0.2, 0) is 20.7 Å². The molecule has 2 heterocycles. The van der Waals surface area contributed by atoms with Crippen molar-refractivity contribution in [1.29, 1.82) is 0 Å². The van der Waals surface area contributed by atoms with Crippen LogP contribution in [0, 0.1) is 5.82 Å². The third-order valence-electron chi connectivity index (χ3n) is 6.62. The molecule has 0 aliphatic carbocycles. The molecule has 14 heteroatoms. The van der Waals surface area contributed by atoms with Crippen molar-refractivity contribution in [3.8, 4) is 5.75 Å². The number of carbonyl (C=O) groups excluding carboxylic acids is 3. The van der Waals surface area contributed by atoms with Crippen LogP contribution in [0.3, 0.4) is 0 Å². The Morgan fingerprint density at radius 1 is 1.25 bits per heavy atom. The van der Waals surface area contributed by atoms with Gasteiger partial charge < -0.3 is 29.3 Å². The van der Waals surface area contributed by atoms with Crippen LogP contribution in [0.15, 0.2) is 42.6 Å². The van der Waals surface area contributed by atoms with Crippen molar-refractivity contribution in [3.63, 3.8) is 0 Å². The maximum atomic E-state index is 14.5. The van der Waals surface area contributed by atoms with Gasteiger partial charge in [0.2, 0.25) is 11.8 Å². The molecule has 1 fully saturated rings. The number of rotatable bonds is 9. The number of alkyl halides is 1. The summed E-state index contributed by atoms with van der Waals surface area (Å²) in [5.41, 5.74) is 0.797. The smallest absolute Gasteiger partial charge is 0.362 e. The average molecular weight is 598 g/mol. The molecule has 1 saturated heterocycles. The second kappa shape index (κ2) is 11.7. The Hall–Kier alpha value is -3.31. The number of carbonyl (C=O) groups is 3. The Morgan fingerprint density at radius 2 is 1.98 bits per heavy atom. The van der Waals surface area contributed by atoms with Gasteiger partial charge in [-0.2, -0.15) is 0 Å². The van der Waals surface area contributed by atoms with E-state index in [-0.39, 0.29) is 41.6 Å². The zero-order valence-electron chi connectivity index (χ0n) is 21.5. The molecule has 0 bridgehead atoms. The van der Waals surface area contributed by atoms with Crippen LogP contribution < -0.4 is 10.1 Å². The van der Waals surface area contributed by atoms with Gasteiger partial charge in [-0.3, -0.25) is 18.9 Å². The number of ketones is 1. The fourth-order valence-electron chi connectivity index (χ4n) is 4.72. The summed E-state index contributed by atoms with van der Waals surface area (Å²) in [7, 11) is -4.45. The summed E-state index contributed by atoms with van der Waals surface area (Å²) in [4.78, 5) is 58.0. The van der Waals surface area contributed by atoms with Gasteiger partial charge in [0.15, 0.2) is 12.1 Å². The minimum atomic E-state index is -4.45. The highest BCUT2D eigenvalue weighted by molar-refractivity contribution is 7.51. The number of amides is 2. The summed E-state index contributed by atoms with van der Waals surface area (Å²) in [6, 6.07) is 6.81. The van der Waals surface area contributed by atoms with Gasteiger partial charge in [-0.05, 0) is 32.0 Å². The summed E-state index contributed by atoms with van der Waals surface area (Å²) in [6.07, 6.45) is -1.12. The molecule has 1 unspecified atom stereocenters. The van der Waals surface area contributed by atoms with Crippen molar-refractivity contribution < 1.29 is 42.3 Å². The molecule has 10 nitrogen and oxygen atoms in total. The summed E-state index contributed by atoms with van der Waals surface area (Å²) >= 11 is 5.84. The largest absolute Gasteiger partial charge is 0.481 e. The number of halogens is 3. The van der Waals surface area contributed by atoms with E-state index in [0.29, 0.717) is 16.5 Å². The van der Waals surface area contributed by atoms with Crippen LogP contribution in [0.2, 0.25) is 5.02 Å². The van der Waals surface area contributed by atoms with Crippen molar-refractivity contribution in [2.45, 2.75) is 45.1 Å². The van der Waals surface area contributed by atoms with E-state index in [2.05, 4.69) is 5.32 Å². The first kappa shape index (κ1) is 29.7. The number of ether oxygens (including phenoxy) is 1. The average Bonchev–Trinajstić information content (AvgIpc) is 3.44. The molecule has 0 saturated carbocycles. The standard InChI is InChI=1S/C26H27ClF2N3O7P/c1-14(18-4-3-5-21(27)25(18)29)30-26(35)23-8-16(28)10-32(23)24(34)12-31-11-20(15(2)33)19-7-6-17(9-22(19)31)39-13-40(36,37)38/h3-7,9,11,14,16,23H,8,10,12-13H2,1-2H3,(H,30,35)(H2,36,37,38)/t14?,16-,23+/m1/s1. The van der Waals surface area contributed by atoms with Gasteiger partial charge in [0.1, 0.15) is 30.3 Å². The van der Waals surface area contributed by atoms with Crippen molar-refractivity contribution in [3.05, 3.63) is 64.6 Å². The van der Waals surface area contributed by atoms with Gasteiger partial charge in [-0.25, -0.2) is 8.78 Å². The van der Waals surface area contributed by atoms with Gasteiger partial charge >= 0.3 is 7.60 Å². The Morgan fingerprint density at radius 3 is 2.65 bits per heavy atom. The first-order chi connectivity index (χ1) is 18.7. The topological polar surface area (TPSA) is 138 Å². The predicted molar refractivity (Wildman–Crippen MR) is 142 cm³/mol. The Kier molecular flexibility index (Phi) is 8.65. The summed E-state index contributed by atoms with van der Waals surface area (Å²) < 4.78 is 46.7. The molecule has 1 aromatic heterocycles. The van der Waals surface area contributed by atoms with E-state index in [9.17, 15) is 27.7 Å². The lowest BCUT2D eigenvalue weighted by Gasteiger charge is -2.26. The highest BCUT2D eigenvalue weighted by Gasteiger charge is 2.40. The second-order valence-electron chi connectivity index (χ2n) is 9.61. The lowest BCUT2D eigenvalue weighted by atomic mass is 10.1. The van der Waals surface area contributed by atoms with Crippen LogP contribution in [0.25, 0.3) is 10.9 Å². The van der Waals surface area contributed by atoms with E-state index in [4.69, 9.17) is 26.1 Å². The number of Topliss-reactive ketones (excluding diaryl/α,β-unsaturated/α-hetero) is 1.